The van der Waals surface area contributed by atoms with Crippen molar-refractivity contribution < 1.29 is 14.3 Å². The molecule has 1 spiro atoms. The van der Waals surface area contributed by atoms with E-state index in [4.69, 9.17) is 9.47 Å². The molecule has 27 heavy (non-hydrogen) atoms. The normalized spacial score (nSPS) is 30.3. The zero-order valence-corrected chi connectivity index (χ0v) is 16.9. The van der Waals surface area contributed by atoms with Crippen molar-refractivity contribution in [2.24, 2.45) is 0 Å². The number of ether oxygens (including phenoxy) is 2. The summed E-state index contributed by atoms with van der Waals surface area (Å²) >= 11 is 0. The Morgan fingerprint density at radius 3 is 2.44 bits per heavy atom. The summed E-state index contributed by atoms with van der Waals surface area (Å²) in [5.74, 6) is 0. The maximum atomic E-state index is 12.4. The summed E-state index contributed by atoms with van der Waals surface area (Å²) < 4.78 is 11.4. The molecule has 4 saturated heterocycles. The Bertz CT molecular complexity index is 495. The predicted molar refractivity (Wildman–Crippen MR) is 104 cm³/mol. The van der Waals surface area contributed by atoms with Gasteiger partial charge in [0.05, 0.1) is 13.2 Å². The van der Waals surface area contributed by atoms with Crippen LogP contribution in [0.15, 0.2) is 0 Å². The fourth-order valence-electron chi connectivity index (χ4n) is 5.05. The van der Waals surface area contributed by atoms with E-state index in [0.29, 0.717) is 6.04 Å². The summed E-state index contributed by atoms with van der Waals surface area (Å²) in [4.78, 5) is 21.9. The Morgan fingerprint density at radius 2 is 1.78 bits per heavy atom. The fourth-order valence-corrected chi connectivity index (χ4v) is 5.05. The van der Waals surface area contributed by atoms with Gasteiger partial charge in [0.25, 0.3) is 0 Å². The molecular weight excluding hydrogens is 344 g/mol. The molecule has 4 aliphatic rings. The second-order valence-corrected chi connectivity index (χ2v) is 8.66. The van der Waals surface area contributed by atoms with E-state index in [9.17, 15) is 4.79 Å². The molecule has 0 bridgehead atoms. The molecule has 7 heteroatoms. The van der Waals surface area contributed by atoms with Crippen molar-refractivity contribution in [1.82, 2.24) is 19.6 Å². The van der Waals surface area contributed by atoms with Crippen molar-refractivity contribution in [3.8, 4) is 0 Å². The van der Waals surface area contributed by atoms with Crippen LogP contribution in [0.1, 0.15) is 32.6 Å². The highest BCUT2D eigenvalue weighted by Gasteiger charge is 2.47. The first-order chi connectivity index (χ1) is 13.2. The van der Waals surface area contributed by atoms with Gasteiger partial charge >= 0.3 is 6.09 Å². The summed E-state index contributed by atoms with van der Waals surface area (Å²) in [7, 11) is 0. The van der Waals surface area contributed by atoms with Gasteiger partial charge in [0.15, 0.2) is 0 Å². The second kappa shape index (κ2) is 8.64. The predicted octanol–water partition coefficient (Wildman–Crippen LogP) is 1.09. The topological polar surface area (TPSA) is 48.5 Å². The number of carbonyl (C=O) groups is 1. The Morgan fingerprint density at radius 1 is 1.04 bits per heavy atom. The first kappa shape index (κ1) is 19.4. The van der Waals surface area contributed by atoms with Crippen molar-refractivity contribution in [2.45, 2.75) is 44.2 Å². The van der Waals surface area contributed by atoms with Gasteiger partial charge in [-0.05, 0) is 25.9 Å². The molecular formula is C20H36N4O3. The molecule has 1 atom stereocenters. The molecule has 0 aromatic rings. The molecule has 0 saturated carbocycles. The molecule has 1 amide bonds. The Hall–Kier alpha value is -0.890. The molecule has 0 N–H and O–H groups in total. The van der Waals surface area contributed by atoms with Crippen LogP contribution >= 0.6 is 0 Å². The number of nitrogens with zero attached hydrogens (tertiary/aromatic N) is 4. The molecule has 154 valence electrons. The van der Waals surface area contributed by atoms with Crippen LogP contribution in [0.3, 0.4) is 0 Å². The highest BCUT2D eigenvalue weighted by Crippen LogP contribution is 2.34. The Kier molecular flexibility index (Phi) is 6.21. The number of piperidine rings is 1. The lowest BCUT2D eigenvalue weighted by Gasteiger charge is -2.39. The summed E-state index contributed by atoms with van der Waals surface area (Å²) in [5, 5.41) is 0. The molecule has 7 nitrogen and oxygen atoms in total. The van der Waals surface area contributed by atoms with E-state index >= 15 is 0 Å². The summed E-state index contributed by atoms with van der Waals surface area (Å²) in [6.45, 7) is 14.6. The molecule has 4 rings (SSSR count). The number of hydrogen-bond donors (Lipinski definition) is 0. The average Bonchev–Trinajstić information content (AvgIpc) is 3.32. The van der Waals surface area contributed by atoms with Gasteiger partial charge < -0.3 is 24.2 Å². The third kappa shape index (κ3) is 4.58. The number of likely N-dealkylation sites (N-methyl/N-ethyl adjacent to an activating group) is 1. The Labute approximate surface area is 163 Å². The lowest BCUT2D eigenvalue weighted by Crippen LogP contribution is -2.50. The first-order valence-corrected chi connectivity index (χ1v) is 10.9. The third-order valence-corrected chi connectivity index (χ3v) is 6.99. The number of hydrogen-bond acceptors (Lipinski definition) is 6. The van der Waals surface area contributed by atoms with Gasteiger partial charge in [-0.3, -0.25) is 4.90 Å². The van der Waals surface area contributed by atoms with Gasteiger partial charge in [0.1, 0.15) is 5.60 Å². The van der Waals surface area contributed by atoms with Crippen molar-refractivity contribution in [1.29, 1.82) is 0 Å². The highest BCUT2D eigenvalue weighted by atomic mass is 16.6. The van der Waals surface area contributed by atoms with E-state index in [1.807, 2.05) is 4.90 Å². The molecule has 4 heterocycles. The van der Waals surface area contributed by atoms with Crippen molar-refractivity contribution >= 4 is 6.09 Å². The average molecular weight is 381 g/mol. The van der Waals surface area contributed by atoms with Crippen LogP contribution in [0.5, 0.6) is 0 Å². The van der Waals surface area contributed by atoms with Gasteiger partial charge in [-0.25, -0.2) is 4.79 Å². The number of amides is 1. The van der Waals surface area contributed by atoms with E-state index in [-0.39, 0.29) is 11.7 Å². The van der Waals surface area contributed by atoms with E-state index in [2.05, 4.69) is 21.6 Å². The lowest BCUT2D eigenvalue weighted by molar-refractivity contribution is -0.0111. The highest BCUT2D eigenvalue weighted by molar-refractivity contribution is 5.70. The van der Waals surface area contributed by atoms with Crippen LogP contribution in [-0.4, -0.2) is 116 Å². The third-order valence-electron chi connectivity index (χ3n) is 6.99. The molecule has 0 aromatic carbocycles. The molecule has 0 radical (unpaired) electrons. The molecule has 4 aliphatic heterocycles. The number of rotatable bonds is 6. The first-order valence-electron chi connectivity index (χ1n) is 10.9. The molecule has 0 aliphatic carbocycles. The van der Waals surface area contributed by atoms with Crippen molar-refractivity contribution in [3.63, 3.8) is 0 Å². The monoisotopic (exact) mass is 380 g/mol. The summed E-state index contributed by atoms with van der Waals surface area (Å²) in [6.07, 6.45) is 4.02. The van der Waals surface area contributed by atoms with Crippen LogP contribution in [0.2, 0.25) is 0 Å². The maximum absolute atomic E-state index is 12.4. The molecule has 1 unspecified atom stereocenters. The van der Waals surface area contributed by atoms with E-state index < -0.39 is 0 Å². The minimum Gasteiger partial charge on any atom is -0.441 e. The quantitative estimate of drug-likeness (QED) is 0.688. The van der Waals surface area contributed by atoms with Gasteiger partial charge in [-0.15, -0.1) is 0 Å². The van der Waals surface area contributed by atoms with Crippen LogP contribution in [-0.2, 0) is 9.47 Å². The van der Waals surface area contributed by atoms with Crippen LogP contribution in [0.25, 0.3) is 0 Å². The molecule has 0 aromatic heterocycles. The zero-order valence-electron chi connectivity index (χ0n) is 16.9. The minimum atomic E-state index is -0.236. The zero-order chi connectivity index (χ0) is 18.7. The van der Waals surface area contributed by atoms with Crippen LogP contribution in [0.4, 0.5) is 4.79 Å². The number of carbonyl (C=O) groups excluding carboxylic acids is 1. The maximum Gasteiger partial charge on any atom is 0.410 e. The largest absolute Gasteiger partial charge is 0.441 e. The van der Waals surface area contributed by atoms with Gasteiger partial charge in [-0.1, -0.05) is 6.92 Å². The number of likely N-dealkylation sites (tertiary alicyclic amines) is 1. The molecule has 4 fully saturated rings. The summed E-state index contributed by atoms with van der Waals surface area (Å²) in [5.41, 5.74) is -0.236. The van der Waals surface area contributed by atoms with Crippen molar-refractivity contribution in [2.75, 3.05) is 78.7 Å². The fraction of sp³-hybridized carbons (Fsp3) is 0.950. The van der Waals surface area contributed by atoms with Gasteiger partial charge in [0.2, 0.25) is 0 Å². The van der Waals surface area contributed by atoms with Gasteiger partial charge in [0, 0.05) is 71.3 Å². The van der Waals surface area contributed by atoms with Crippen LogP contribution in [0, 0.1) is 0 Å². The SMILES string of the molecule is CCN1CCN(CCCN2CC3(CCN(C4CCOC4)CC3)OC2=O)CC1. The smallest absolute Gasteiger partial charge is 0.410 e. The van der Waals surface area contributed by atoms with Crippen molar-refractivity contribution in [3.05, 3.63) is 0 Å². The van der Waals surface area contributed by atoms with Gasteiger partial charge in [-0.2, -0.15) is 0 Å². The van der Waals surface area contributed by atoms with E-state index in [0.717, 1.165) is 91.3 Å². The number of piperazine rings is 1. The summed E-state index contributed by atoms with van der Waals surface area (Å²) in [6, 6.07) is 0.573. The second-order valence-electron chi connectivity index (χ2n) is 8.66. The Balaban J connectivity index is 1.18. The minimum absolute atomic E-state index is 0.0940. The van der Waals surface area contributed by atoms with Crippen LogP contribution < -0.4 is 0 Å². The standard InChI is InChI=1S/C20H36N4O3/c1-2-21-11-13-22(14-12-21)7-3-8-24-17-20(27-19(24)25)5-9-23(10-6-20)18-4-15-26-16-18/h18H,2-17H2,1H3. The lowest BCUT2D eigenvalue weighted by atomic mass is 9.90. The van der Waals surface area contributed by atoms with E-state index in [1.54, 1.807) is 0 Å². The van der Waals surface area contributed by atoms with E-state index in [1.165, 1.54) is 13.1 Å².